The maximum atomic E-state index is 13.1. The molecule has 33 heavy (non-hydrogen) atoms. The van der Waals surface area contributed by atoms with E-state index in [2.05, 4.69) is 21.5 Å². The smallest absolute Gasteiger partial charge is 0.274 e. The number of hydrogen-bond donors (Lipinski definition) is 3. The molecule has 4 rings (SSSR count). The van der Waals surface area contributed by atoms with Crippen LogP contribution in [0.2, 0.25) is 0 Å². The van der Waals surface area contributed by atoms with Gasteiger partial charge in [0.2, 0.25) is 0 Å². The van der Waals surface area contributed by atoms with Crippen molar-refractivity contribution in [1.29, 1.82) is 5.41 Å². The minimum Gasteiger partial charge on any atom is -0.479 e. The number of benzene rings is 1. The highest BCUT2D eigenvalue weighted by atomic mass is 32.2. The lowest BCUT2D eigenvalue weighted by Gasteiger charge is -2.47. The third kappa shape index (κ3) is 4.07. The Balaban J connectivity index is 1.61. The predicted molar refractivity (Wildman–Crippen MR) is 126 cm³/mol. The van der Waals surface area contributed by atoms with E-state index in [1.54, 1.807) is 32.0 Å². The first-order valence-electron chi connectivity index (χ1n) is 10.6. The first kappa shape index (κ1) is 22.8. The number of nitrogens with one attached hydrogen (secondary N) is 3. The summed E-state index contributed by atoms with van der Waals surface area (Å²) < 4.78 is 30.1. The van der Waals surface area contributed by atoms with Gasteiger partial charge in [0, 0.05) is 5.69 Å². The van der Waals surface area contributed by atoms with Gasteiger partial charge in [-0.2, -0.15) is 0 Å². The van der Waals surface area contributed by atoms with E-state index in [1.807, 2.05) is 12.1 Å². The lowest BCUT2D eigenvalue weighted by Crippen LogP contribution is -2.65. The molecule has 1 atom stereocenters. The second kappa shape index (κ2) is 8.19. The van der Waals surface area contributed by atoms with Crippen molar-refractivity contribution in [3.05, 3.63) is 53.3 Å². The molecular formula is C24H26N4O4S. The molecule has 172 valence electrons. The number of amides is 1. The maximum Gasteiger partial charge on any atom is 0.274 e. The fourth-order valence-electron chi connectivity index (χ4n) is 4.32. The molecule has 2 aromatic rings. The molecule has 1 saturated heterocycles. The molecule has 0 radical (unpaired) electrons. The first-order valence-corrected chi connectivity index (χ1v) is 12.3. The Morgan fingerprint density at radius 3 is 2.79 bits per heavy atom. The third-order valence-electron chi connectivity index (χ3n) is 6.40. The Hall–Kier alpha value is -3.38. The van der Waals surface area contributed by atoms with E-state index in [-0.39, 0.29) is 23.9 Å². The number of nitrogens with zero attached hydrogens (tertiary/aromatic N) is 1. The number of rotatable bonds is 4. The van der Waals surface area contributed by atoms with E-state index in [9.17, 15) is 13.2 Å². The summed E-state index contributed by atoms with van der Waals surface area (Å²) in [6.45, 7) is 3.23. The van der Waals surface area contributed by atoms with Gasteiger partial charge < -0.3 is 15.4 Å². The molecule has 2 heterocycles. The van der Waals surface area contributed by atoms with E-state index < -0.39 is 26.0 Å². The Morgan fingerprint density at radius 2 is 2.12 bits per heavy atom. The summed E-state index contributed by atoms with van der Waals surface area (Å²) in [5, 5.41) is 14.5. The number of amidine groups is 1. The number of fused-ring (bicyclic) bond motifs is 2. The lowest BCUT2D eigenvalue weighted by molar-refractivity contribution is 0.102. The van der Waals surface area contributed by atoms with Gasteiger partial charge in [0.1, 0.15) is 28.6 Å². The summed E-state index contributed by atoms with van der Waals surface area (Å²) in [6, 6.07) is 8.68. The van der Waals surface area contributed by atoms with E-state index in [4.69, 9.17) is 16.6 Å². The van der Waals surface area contributed by atoms with Crippen molar-refractivity contribution in [1.82, 2.24) is 10.3 Å². The molecule has 3 N–H and O–H groups in total. The summed E-state index contributed by atoms with van der Waals surface area (Å²) in [4.78, 5) is 16.8. The second-order valence-corrected chi connectivity index (χ2v) is 11.4. The number of aryl methyl sites for hydroxylation is 1. The molecule has 0 unspecified atom stereocenters. The number of aromatic nitrogens is 1. The predicted octanol–water partition coefficient (Wildman–Crippen LogP) is 2.65. The summed E-state index contributed by atoms with van der Waals surface area (Å²) in [5.74, 6) is 2.33. The molecule has 1 amide bonds. The van der Waals surface area contributed by atoms with E-state index in [1.165, 1.54) is 6.20 Å². The quantitative estimate of drug-likeness (QED) is 0.596. The highest BCUT2D eigenvalue weighted by Crippen LogP contribution is 2.42. The highest BCUT2D eigenvalue weighted by molar-refractivity contribution is 7.93. The SMILES string of the molecule is C#CCOc1ccc(C(=O)Nc2ccc3c(c2)[C@]2(CCC3)CS(=O)(=O)C(C)(C)C(=N)N2)nc1. The molecule has 1 fully saturated rings. The minimum absolute atomic E-state index is 0.00705. The molecule has 2 aliphatic rings. The fraction of sp³-hybridized carbons (Fsp3) is 0.375. The van der Waals surface area contributed by atoms with Crippen LogP contribution in [0.25, 0.3) is 0 Å². The van der Waals surface area contributed by atoms with Crippen LogP contribution in [0.5, 0.6) is 5.75 Å². The van der Waals surface area contributed by atoms with Gasteiger partial charge in [-0.3, -0.25) is 10.2 Å². The number of hydrogen-bond acceptors (Lipinski definition) is 6. The number of anilines is 1. The average molecular weight is 467 g/mol. The van der Waals surface area contributed by atoms with Gasteiger partial charge in [0.25, 0.3) is 5.91 Å². The van der Waals surface area contributed by atoms with Gasteiger partial charge in [-0.15, -0.1) is 6.42 Å². The van der Waals surface area contributed by atoms with Gasteiger partial charge in [0.15, 0.2) is 9.84 Å². The van der Waals surface area contributed by atoms with Crippen LogP contribution in [0.1, 0.15) is 48.3 Å². The zero-order chi connectivity index (χ0) is 23.9. The molecule has 1 aromatic carbocycles. The van der Waals surface area contributed by atoms with Crippen molar-refractivity contribution in [3.63, 3.8) is 0 Å². The van der Waals surface area contributed by atoms with Crippen molar-refractivity contribution >= 4 is 27.3 Å². The lowest BCUT2D eigenvalue weighted by atomic mass is 9.76. The summed E-state index contributed by atoms with van der Waals surface area (Å²) in [5.41, 5.74) is 1.68. The Bertz CT molecular complexity index is 1260. The molecule has 1 spiro atoms. The Labute approximate surface area is 193 Å². The van der Waals surface area contributed by atoms with E-state index >= 15 is 0 Å². The molecule has 0 saturated carbocycles. The topological polar surface area (TPSA) is 121 Å². The van der Waals surface area contributed by atoms with Crippen molar-refractivity contribution in [2.24, 2.45) is 0 Å². The summed E-state index contributed by atoms with van der Waals surface area (Å²) in [7, 11) is -3.56. The van der Waals surface area contributed by atoms with Crippen molar-refractivity contribution < 1.29 is 17.9 Å². The fourth-order valence-corrected chi connectivity index (χ4v) is 6.06. The van der Waals surface area contributed by atoms with Crippen LogP contribution < -0.4 is 15.4 Å². The van der Waals surface area contributed by atoms with E-state index in [0.29, 0.717) is 17.9 Å². The largest absolute Gasteiger partial charge is 0.479 e. The zero-order valence-corrected chi connectivity index (χ0v) is 19.4. The van der Waals surface area contributed by atoms with Crippen LogP contribution >= 0.6 is 0 Å². The Kier molecular flexibility index (Phi) is 5.66. The van der Waals surface area contributed by atoms with Gasteiger partial charge in [-0.05, 0) is 68.5 Å². The van der Waals surface area contributed by atoms with Crippen molar-refractivity contribution in [2.75, 3.05) is 17.7 Å². The standard InChI is InChI=1S/C24H26N4O4S/c1-4-12-32-18-9-10-20(26-14-18)21(29)27-17-8-7-16-6-5-11-24(19(16)13-17)15-33(30,31)23(2,3)22(25)28-24/h1,7-10,13-14H,5-6,11-12,15H2,2-3H3,(H2,25,28)(H,27,29)/t24-/m0/s1. The van der Waals surface area contributed by atoms with Crippen molar-refractivity contribution in [3.8, 4) is 18.1 Å². The van der Waals surface area contributed by atoms with Crippen LogP contribution in [-0.4, -0.2) is 42.3 Å². The van der Waals surface area contributed by atoms with Crippen LogP contribution in [0.4, 0.5) is 5.69 Å². The number of ether oxygens (including phenoxy) is 1. The molecule has 0 bridgehead atoms. The summed E-state index contributed by atoms with van der Waals surface area (Å²) in [6.07, 6.45) is 8.81. The number of pyridine rings is 1. The zero-order valence-electron chi connectivity index (χ0n) is 18.6. The van der Waals surface area contributed by atoms with Crippen LogP contribution in [0.3, 0.4) is 0 Å². The molecular weight excluding hydrogens is 440 g/mol. The maximum absolute atomic E-state index is 13.1. The average Bonchev–Trinajstić information content (AvgIpc) is 2.77. The highest BCUT2D eigenvalue weighted by Gasteiger charge is 2.53. The van der Waals surface area contributed by atoms with Crippen molar-refractivity contribution in [2.45, 2.75) is 43.4 Å². The molecule has 1 aliphatic carbocycles. The monoisotopic (exact) mass is 466 g/mol. The first-order chi connectivity index (χ1) is 15.6. The van der Waals surface area contributed by atoms with Crippen LogP contribution in [0, 0.1) is 17.8 Å². The van der Waals surface area contributed by atoms with Gasteiger partial charge in [-0.25, -0.2) is 13.4 Å². The Morgan fingerprint density at radius 1 is 1.33 bits per heavy atom. The third-order valence-corrected chi connectivity index (χ3v) is 9.04. The number of terminal acetylenes is 1. The normalized spacial score (nSPS) is 22.5. The van der Waals surface area contributed by atoms with Crippen LogP contribution in [0.15, 0.2) is 36.5 Å². The van der Waals surface area contributed by atoms with Crippen LogP contribution in [-0.2, 0) is 21.8 Å². The number of carbonyl (C=O) groups is 1. The molecule has 1 aliphatic heterocycles. The van der Waals surface area contributed by atoms with Gasteiger partial charge in [0.05, 0.1) is 17.5 Å². The minimum atomic E-state index is -3.56. The molecule has 9 heteroatoms. The number of sulfone groups is 1. The molecule has 1 aromatic heterocycles. The summed E-state index contributed by atoms with van der Waals surface area (Å²) >= 11 is 0. The van der Waals surface area contributed by atoms with Gasteiger partial charge >= 0.3 is 0 Å². The second-order valence-electron chi connectivity index (χ2n) is 8.90. The van der Waals surface area contributed by atoms with Gasteiger partial charge in [-0.1, -0.05) is 12.0 Å². The number of carbonyl (C=O) groups excluding carboxylic acids is 1. The molecule has 8 nitrogen and oxygen atoms in total. The van der Waals surface area contributed by atoms with E-state index in [0.717, 1.165) is 24.0 Å².